The average molecular weight is 328 g/mol. The second kappa shape index (κ2) is 8.54. The molecular weight excluding hydrogens is 304 g/mol. The fourth-order valence-electron chi connectivity index (χ4n) is 2.42. The van der Waals surface area contributed by atoms with Gasteiger partial charge in [0.25, 0.3) is 0 Å². The SMILES string of the molecule is CN[C@H](C)[C@H](O)c1ccc(-c2ccc(/C(CCN)=N\O)nc2)cc1. The molecule has 0 aliphatic rings. The van der Waals surface area contributed by atoms with Crippen molar-refractivity contribution in [3.05, 3.63) is 53.9 Å². The Morgan fingerprint density at radius 3 is 2.38 bits per heavy atom. The van der Waals surface area contributed by atoms with Crippen LogP contribution in [0.25, 0.3) is 11.1 Å². The first-order valence-corrected chi connectivity index (χ1v) is 7.93. The summed E-state index contributed by atoms with van der Waals surface area (Å²) in [6.07, 6.45) is 1.65. The number of aliphatic hydroxyl groups excluding tert-OH is 1. The van der Waals surface area contributed by atoms with E-state index < -0.39 is 6.10 Å². The van der Waals surface area contributed by atoms with Crippen molar-refractivity contribution < 1.29 is 10.3 Å². The van der Waals surface area contributed by atoms with E-state index in [2.05, 4.69) is 15.5 Å². The van der Waals surface area contributed by atoms with E-state index in [-0.39, 0.29) is 6.04 Å². The van der Waals surface area contributed by atoms with Gasteiger partial charge in [-0.25, -0.2) is 0 Å². The van der Waals surface area contributed by atoms with Gasteiger partial charge in [0.1, 0.15) is 5.71 Å². The molecule has 24 heavy (non-hydrogen) atoms. The minimum absolute atomic E-state index is 0.0180. The number of pyridine rings is 1. The van der Waals surface area contributed by atoms with Gasteiger partial charge in [-0.15, -0.1) is 0 Å². The summed E-state index contributed by atoms with van der Waals surface area (Å²) in [4.78, 5) is 4.34. The lowest BCUT2D eigenvalue weighted by Gasteiger charge is -2.18. The quantitative estimate of drug-likeness (QED) is 0.353. The molecule has 0 aliphatic heterocycles. The molecular formula is C18H24N4O2. The largest absolute Gasteiger partial charge is 0.411 e. The van der Waals surface area contributed by atoms with Crippen molar-refractivity contribution in [2.75, 3.05) is 13.6 Å². The van der Waals surface area contributed by atoms with Gasteiger partial charge in [-0.3, -0.25) is 4.98 Å². The van der Waals surface area contributed by atoms with Gasteiger partial charge in [-0.1, -0.05) is 35.5 Å². The number of aliphatic hydroxyl groups is 1. The molecule has 0 spiro atoms. The lowest BCUT2D eigenvalue weighted by atomic mass is 9.99. The third-order valence-corrected chi connectivity index (χ3v) is 4.08. The van der Waals surface area contributed by atoms with Crippen LogP contribution in [0.4, 0.5) is 0 Å². The minimum atomic E-state index is -0.552. The van der Waals surface area contributed by atoms with Crippen molar-refractivity contribution in [1.82, 2.24) is 10.3 Å². The van der Waals surface area contributed by atoms with Gasteiger partial charge in [-0.05, 0) is 37.7 Å². The second-order valence-corrected chi connectivity index (χ2v) is 5.66. The molecule has 1 aromatic heterocycles. The molecule has 6 heteroatoms. The van der Waals surface area contributed by atoms with Crippen molar-refractivity contribution in [2.45, 2.75) is 25.5 Å². The molecule has 0 unspecified atom stereocenters. The van der Waals surface area contributed by atoms with E-state index in [0.29, 0.717) is 24.4 Å². The fraction of sp³-hybridized carbons (Fsp3) is 0.333. The van der Waals surface area contributed by atoms with Gasteiger partial charge in [0.05, 0.1) is 11.8 Å². The summed E-state index contributed by atoms with van der Waals surface area (Å²) < 4.78 is 0. The van der Waals surface area contributed by atoms with Crippen molar-refractivity contribution in [3.8, 4) is 11.1 Å². The number of hydrogen-bond acceptors (Lipinski definition) is 6. The number of nitrogens with zero attached hydrogens (tertiary/aromatic N) is 2. The van der Waals surface area contributed by atoms with E-state index in [1.165, 1.54) is 0 Å². The molecule has 128 valence electrons. The highest BCUT2D eigenvalue weighted by Gasteiger charge is 2.14. The summed E-state index contributed by atoms with van der Waals surface area (Å²) in [6, 6.07) is 11.5. The molecule has 2 rings (SSSR count). The fourth-order valence-corrected chi connectivity index (χ4v) is 2.42. The molecule has 0 fully saturated rings. The number of hydrogen-bond donors (Lipinski definition) is 4. The zero-order valence-electron chi connectivity index (χ0n) is 14.0. The third-order valence-electron chi connectivity index (χ3n) is 4.08. The number of benzene rings is 1. The first-order valence-electron chi connectivity index (χ1n) is 7.93. The number of nitrogens with one attached hydrogen (secondary N) is 1. The smallest absolute Gasteiger partial charge is 0.106 e. The van der Waals surface area contributed by atoms with Crippen LogP contribution in [0.2, 0.25) is 0 Å². The van der Waals surface area contributed by atoms with Gasteiger partial charge in [-0.2, -0.15) is 0 Å². The predicted octanol–water partition coefficient (Wildman–Crippen LogP) is 1.92. The molecule has 2 aromatic rings. The van der Waals surface area contributed by atoms with E-state index >= 15 is 0 Å². The van der Waals surface area contributed by atoms with Crippen LogP contribution in [0.5, 0.6) is 0 Å². The Bertz CT molecular complexity index is 668. The Labute approximate surface area is 142 Å². The molecule has 5 N–H and O–H groups in total. The number of aromatic nitrogens is 1. The van der Waals surface area contributed by atoms with E-state index in [0.717, 1.165) is 16.7 Å². The number of nitrogens with two attached hydrogens (primary N) is 1. The Morgan fingerprint density at radius 2 is 1.88 bits per heavy atom. The molecule has 0 amide bonds. The predicted molar refractivity (Wildman–Crippen MR) is 95.1 cm³/mol. The van der Waals surface area contributed by atoms with Crippen LogP contribution in [0.15, 0.2) is 47.8 Å². The summed E-state index contributed by atoms with van der Waals surface area (Å²) in [7, 11) is 1.82. The molecule has 1 heterocycles. The molecule has 6 nitrogen and oxygen atoms in total. The Kier molecular flexibility index (Phi) is 6.43. The van der Waals surface area contributed by atoms with Crippen molar-refractivity contribution in [2.24, 2.45) is 10.9 Å². The van der Waals surface area contributed by atoms with Crippen LogP contribution in [0, 0.1) is 0 Å². The molecule has 2 atom stereocenters. The second-order valence-electron chi connectivity index (χ2n) is 5.66. The summed E-state index contributed by atoms with van der Waals surface area (Å²) in [5.41, 5.74) is 9.39. The first kappa shape index (κ1) is 18.1. The molecule has 0 saturated heterocycles. The lowest BCUT2D eigenvalue weighted by molar-refractivity contribution is 0.140. The van der Waals surface area contributed by atoms with Gasteiger partial charge >= 0.3 is 0 Å². The monoisotopic (exact) mass is 328 g/mol. The van der Waals surface area contributed by atoms with Crippen molar-refractivity contribution in [1.29, 1.82) is 0 Å². The van der Waals surface area contributed by atoms with Crippen LogP contribution in [-0.2, 0) is 0 Å². The summed E-state index contributed by atoms with van der Waals surface area (Å²) >= 11 is 0. The normalized spacial score (nSPS) is 14.4. The third kappa shape index (κ3) is 4.17. The molecule has 0 aliphatic carbocycles. The van der Waals surface area contributed by atoms with Crippen molar-refractivity contribution in [3.63, 3.8) is 0 Å². The van der Waals surface area contributed by atoms with E-state index in [1.54, 1.807) is 6.20 Å². The topological polar surface area (TPSA) is 104 Å². The zero-order chi connectivity index (χ0) is 17.5. The summed E-state index contributed by atoms with van der Waals surface area (Å²) in [6.45, 7) is 2.33. The lowest BCUT2D eigenvalue weighted by Crippen LogP contribution is -2.28. The van der Waals surface area contributed by atoms with Crippen molar-refractivity contribution >= 4 is 5.71 Å². The van der Waals surface area contributed by atoms with Crippen LogP contribution < -0.4 is 11.1 Å². The molecule has 1 aromatic carbocycles. The van der Waals surface area contributed by atoms with E-state index in [9.17, 15) is 5.11 Å². The molecule has 0 bridgehead atoms. The highest BCUT2D eigenvalue weighted by molar-refractivity contribution is 5.98. The summed E-state index contributed by atoms with van der Waals surface area (Å²) in [5, 5.41) is 25.5. The Morgan fingerprint density at radius 1 is 1.21 bits per heavy atom. The van der Waals surface area contributed by atoms with Crippen LogP contribution in [-0.4, -0.2) is 40.6 Å². The highest BCUT2D eigenvalue weighted by Crippen LogP contribution is 2.23. The first-order chi connectivity index (χ1) is 11.6. The highest BCUT2D eigenvalue weighted by atomic mass is 16.4. The minimum Gasteiger partial charge on any atom is -0.411 e. The Balaban J connectivity index is 2.17. The maximum atomic E-state index is 10.2. The van der Waals surface area contributed by atoms with Gasteiger partial charge < -0.3 is 21.4 Å². The van der Waals surface area contributed by atoms with Gasteiger partial charge in [0.2, 0.25) is 0 Å². The standard InChI is InChI=1S/C18H24N4O2/c1-12(20-2)18(23)14-5-3-13(4-6-14)15-7-8-16(21-11-15)17(22-24)9-10-19/h3-8,11-12,18,20,23-24H,9-10,19H2,1-2H3/b22-17-/t12-,18+/m1/s1. The van der Waals surface area contributed by atoms with Gasteiger partial charge in [0, 0.05) is 24.2 Å². The van der Waals surface area contributed by atoms with E-state index in [4.69, 9.17) is 10.9 Å². The van der Waals surface area contributed by atoms with Gasteiger partial charge in [0.15, 0.2) is 0 Å². The maximum Gasteiger partial charge on any atom is 0.106 e. The van der Waals surface area contributed by atoms with E-state index in [1.807, 2.05) is 50.4 Å². The molecule has 0 saturated carbocycles. The maximum absolute atomic E-state index is 10.2. The van der Waals surface area contributed by atoms with Crippen LogP contribution >= 0.6 is 0 Å². The zero-order valence-corrected chi connectivity index (χ0v) is 14.0. The summed E-state index contributed by atoms with van der Waals surface area (Å²) in [5.74, 6) is 0. The Hall–Kier alpha value is -2.28. The average Bonchev–Trinajstić information content (AvgIpc) is 2.65. The molecule has 0 radical (unpaired) electrons. The van der Waals surface area contributed by atoms with Crippen LogP contribution in [0.3, 0.4) is 0 Å². The van der Waals surface area contributed by atoms with Crippen LogP contribution in [0.1, 0.15) is 30.7 Å². The number of rotatable bonds is 7. The number of oxime groups is 1. The number of likely N-dealkylation sites (N-methyl/N-ethyl adjacent to an activating group) is 1.